The van der Waals surface area contributed by atoms with Crippen molar-refractivity contribution in [1.82, 2.24) is 15.3 Å². The van der Waals surface area contributed by atoms with Gasteiger partial charge in [-0.2, -0.15) is 0 Å². The van der Waals surface area contributed by atoms with Crippen molar-refractivity contribution in [3.8, 4) is 0 Å². The third kappa shape index (κ3) is 5.25. The van der Waals surface area contributed by atoms with Crippen LogP contribution in [0.2, 0.25) is 0 Å². The van der Waals surface area contributed by atoms with Crippen molar-refractivity contribution < 1.29 is 4.74 Å². The summed E-state index contributed by atoms with van der Waals surface area (Å²) in [5.41, 5.74) is 2.14. The Bertz CT molecular complexity index is 423. The molecule has 1 unspecified atom stereocenters. The van der Waals surface area contributed by atoms with Gasteiger partial charge in [0.15, 0.2) is 0 Å². The lowest BCUT2D eigenvalue weighted by atomic mass is 10.2. The predicted molar refractivity (Wildman–Crippen MR) is 87.9 cm³/mol. The van der Waals surface area contributed by atoms with Gasteiger partial charge in [-0.3, -0.25) is 0 Å². The summed E-state index contributed by atoms with van der Waals surface area (Å²) in [4.78, 5) is 11.5. The van der Waals surface area contributed by atoms with Gasteiger partial charge in [0, 0.05) is 32.7 Å². The predicted octanol–water partition coefficient (Wildman–Crippen LogP) is 2.57. The van der Waals surface area contributed by atoms with Gasteiger partial charge >= 0.3 is 0 Å². The molecular formula is C16H30N4O. The minimum atomic E-state index is 0.286. The molecule has 5 heteroatoms. The molecule has 0 amide bonds. The number of methoxy groups -OCH3 is 1. The Labute approximate surface area is 129 Å². The van der Waals surface area contributed by atoms with E-state index in [2.05, 4.69) is 49.9 Å². The van der Waals surface area contributed by atoms with Crippen LogP contribution in [-0.2, 0) is 11.3 Å². The highest BCUT2D eigenvalue weighted by molar-refractivity contribution is 5.49. The van der Waals surface area contributed by atoms with Crippen molar-refractivity contribution >= 4 is 5.69 Å². The number of hydrogen-bond acceptors (Lipinski definition) is 5. The zero-order chi connectivity index (χ0) is 15.8. The molecule has 0 aliphatic carbocycles. The van der Waals surface area contributed by atoms with E-state index in [0.717, 1.165) is 36.7 Å². The van der Waals surface area contributed by atoms with E-state index in [0.29, 0.717) is 12.5 Å². The highest BCUT2D eigenvalue weighted by Crippen LogP contribution is 2.21. The van der Waals surface area contributed by atoms with E-state index in [1.807, 2.05) is 6.20 Å². The number of ether oxygens (including phenoxy) is 1. The quantitative estimate of drug-likeness (QED) is 0.709. The summed E-state index contributed by atoms with van der Waals surface area (Å²) in [5.74, 6) is 1.24. The lowest BCUT2D eigenvalue weighted by Crippen LogP contribution is -2.34. The van der Waals surface area contributed by atoms with E-state index >= 15 is 0 Å². The first kappa shape index (κ1) is 17.9. The second-order valence-electron chi connectivity index (χ2n) is 5.81. The van der Waals surface area contributed by atoms with Crippen molar-refractivity contribution in [1.29, 1.82) is 0 Å². The largest absolute Gasteiger partial charge is 0.383 e. The first-order valence-electron chi connectivity index (χ1n) is 7.79. The van der Waals surface area contributed by atoms with E-state index < -0.39 is 0 Å². The lowest BCUT2D eigenvalue weighted by molar-refractivity contribution is 0.183. The Morgan fingerprint density at radius 3 is 2.62 bits per heavy atom. The maximum Gasteiger partial charge on any atom is 0.131 e. The van der Waals surface area contributed by atoms with E-state index in [9.17, 15) is 0 Å². The molecule has 0 aliphatic rings. The molecule has 21 heavy (non-hydrogen) atoms. The molecule has 1 heterocycles. The first-order valence-corrected chi connectivity index (χ1v) is 7.79. The smallest absolute Gasteiger partial charge is 0.131 e. The Morgan fingerprint density at radius 2 is 2.05 bits per heavy atom. The molecule has 5 nitrogen and oxygen atoms in total. The highest BCUT2D eigenvalue weighted by atomic mass is 16.5. The van der Waals surface area contributed by atoms with Gasteiger partial charge in [-0.1, -0.05) is 20.8 Å². The Morgan fingerprint density at radius 1 is 1.33 bits per heavy atom. The van der Waals surface area contributed by atoms with Crippen LogP contribution in [0.25, 0.3) is 0 Å². The molecule has 0 aromatic carbocycles. The minimum Gasteiger partial charge on any atom is -0.383 e. The fourth-order valence-corrected chi connectivity index (χ4v) is 2.10. The summed E-state index contributed by atoms with van der Waals surface area (Å²) in [7, 11) is 3.80. The second kappa shape index (κ2) is 8.95. The molecule has 0 fully saturated rings. The van der Waals surface area contributed by atoms with Gasteiger partial charge in [-0.05, 0) is 19.9 Å². The monoisotopic (exact) mass is 294 g/mol. The van der Waals surface area contributed by atoms with Crippen LogP contribution in [0.4, 0.5) is 5.69 Å². The van der Waals surface area contributed by atoms with Crippen LogP contribution in [-0.4, -0.2) is 43.3 Å². The molecule has 0 spiro atoms. The van der Waals surface area contributed by atoms with E-state index in [-0.39, 0.29) is 6.04 Å². The van der Waals surface area contributed by atoms with Gasteiger partial charge in [0.1, 0.15) is 5.82 Å². The van der Waals surface area contributed by atoms with Crippen LogP contribution in [0.15, 0.2) is 6.20 Å². The normalized spacial score (nSPS) is 12.7. The van der Waals surface area contributed by atoms with Crippen LogP contribution in [0, 0.1) is 0 Å². The zero-order valence-corrected chi connectivity index (χ0v) is 14.3. The van der Waals surface area contributed by atoms with Crippen LogP contribution in [0.1, 0.15) is 51.6 Å². The van der Waals surface area contributed by atoms with Gasteiger partial charge < -0.3 is 15.0 Å². The van der Waals surface area contributed by atoms with Crippen LogP contribution in [0.3, 0.4) is 0 Å². The highest BCUT2D eigenvalue weighted by Gasteiger charge is 2.16. The summed E-state index contributed by atoms with van der Waals surface area (Å²) in [6.07, 6.45) is 3.06. The third-order valence-corrected chi connectivity index (χ3v) is 3.55. The maximum absolute atomic E-state index is 5.25. The Balaban J connectivity index is 2.99. The van der Waals surface area contributed by atoms with Crippen molar-refractivity contribution in [2.45, 2.75) is 52.6 Å². The van der Waals surface area contributed by atoms with Gasteiger partial charge in [-0.15, -0.1) is 0 Å². The fraction of sp³-hybridized carbons (Fsp3) is 0.750. The van der Waals surface area contributed by atoms with E-state index in [1.54, 1.807) is 7.11 Å². The number of anilines is 1. The maximum atomic E-state index is 5.25. The molecule has 1 rings (SSSR count). The lowest BCUT2D eigenvalue weighted by Gasteiger charge is -2.28. The van der Waals surface area contributed by atoms with Crippen molar-refractivity contribution in [2.24, 2.45) is 0 Å². The standard InChI is InChI=1S/C16H30N4O/c1-7-8-17-9-14-15(20(5)13(4)11-21-6)10-18-16(19-14)12(2)3/h10,12-13,17H,7-9,11H2,1-6H3. The SMILES string of the molecule is CCCNCc1nc(C(C)C)ncc1N(C)C(C)COC. The number of nitrogens with one attached hydrogen (secondary N) is 1. The van der Waals surface area contributed by atoms with E-state index in [1.165, 1.54) is 0 Å². The molecule has 1 aromatic rings. The summed E-state index contributed by atoms with van der Waals surface area (Å²) >= 11 is 0. The Hall–Kier alpha value is -1.20. The number of nitrogens with zero attached hydrogens (tertiary/aromatic N) is 3. The van der Waals surface area contributed by atoms with Crippen molar-refractivity contribution in [2.75, 3.05) is 32.2 Å². The van der Waals surface area contributed by atoms with Crippen molar-refractivity contribution in [3.05, 3.63) is 17.7 Å². The molecule has 0 saturated carbocycles. The molecule has 1 N–H and O–H groups in total. The third-order valence-electron chi connectivity index (χ3n) is 3.55. The molecule has 0 saturated heterocycles. The van der Waals surface area contributed by atoms with Gasteiger partial charge in [-0.25, -0.2) is 9.97 Å². The molecule has 1 aromatic heterocycles. The van der Waals surface area contributed by atoms with Gasteiger partial charge in [0.2, 0.25) is 0 Å². The van der Waals surface area contributed by atoms with Gasteiger partial charge in [0.05, 0.1) is 24.2 Å². The average molecular weight is 294 g/mol. The topological polar surface area (TPSA) is 50.3 Å². The van der Waals surface area contributed by atoms with Crippen molar-refractivity contribution in [3.63, 3.8) is 0 Å². The fourth-order valence-electron chi connectivity index (χ4n) is 2.10. The first-order chi connectivity index (χ1) is 10.0. The average Bonchev–Trinajstić information content (AvgIpc) is 2.46. The summed E-state index contributed by atoms with van der Waals surface area (Å²) in [6.45, 7) is 11.0. The number of rotatable bonds is 9. The van der Waals surface area contributed by atoms with Crippen LogP contribution in [0.5, 0.6) is 0 Å². The van der Waals surface area contributed by atoms with Crippen LogP contribution < -0.4 is 10.2 Å². The molecule has 0 radical (unpaired) electrons. The number of likely N-dealkylation sites (N-methyl/N-ethyl adjacent to an activating group) is 1. The molecule has 0 aliphatic heterocycles. The second-order valence-corrected chi connectivity index (χ2v) is 5.81. The summed E-state index contributed by atoms with van der Waals surface area (Å²) in [5, 5.41) is 3.44. The minimum absolute atomic E-state index is 0.286. The zero-order valence-electron chi connectivity index (χ0n) is 14.3. The molecule has 120 valence electrons. The summed E-state index contributed by atoms with van der Waals surface area (Å²) < 4.78 is 5.25. The number of aromatic nitrogens is 2. The van der Waals surface area contributed by atoms with Crippen LogP contribution >= 0.6 is 0 Å². The molecule has 0 bridgehead atoms. The number of hydrogen-bond donors (Lipinski definition) is 1. The van der Waals surface area contributed by atoms with Gasteiger partial charge in [0.25, 0.3) is 0 Å². The molecule has 1 atom stereocenters. The Kier molecular flexibility index (Phi) is 7.61. The molecular weight excluding hydrogens is 264 g/mol. The van der Waals surface area contributed by atoms with E-state index in [4.69, 9.17) is 9.72 Å². The summed E-state index contributed by atoms with van der Waals surface area (Å²) in [6, 6.07) is 0.286.